The van der Waals surface area contributed by atoms with Gasteiger partial charge >= 0.3 is 0 Å². The molecule has 2 amide bonds. The van der Waals surface area contributed by atoms with E-state index < -0.39 is 6.04 Å². The van der Waals surface area contributed by atoms with Crippen molar-refractivity contribution in [3.8, 4) is 17.2 Å². The molecule has 1 N–H and O–H groups in total. The molecule has 1 atom stereocenters. The van der Waals surface area contributed by atoms with Crippen molar-refractivity contribution in [3.05, 3.63) is 48.0 Å². The van der Waals surface area contributed by atoms with Crippen LogP contribution < -0.4 is 19.5 Å². The highest BCUT2D eigenvalue weighted by Gasteiger charge is 2.35. The summed E-state index contributed by atoms with van der Waals surface area (Å²) in [5, 5.41) is 2.83. The Kier molecular flexibility index (Phi) is 6.56. The second-order valence-corrected chi connectivity index (χ2v) is 6.42. The highest BCUT2D eigenvalue weighted by atomic mass is 16.5. The molecule has 3 rings (SSSR count). The first kappa shape index (κ1) is 20.5. The third kappa shape index (κ3) is 4.60. The van der Waals surface area contributed by atoms with Gasteiger partial charge in [-0.15, -0.1) is 0 Å². The fourth-order valence-corrected chi connectivity index (χ4v) is 3.15. The van der Waals surface area contributed by atoms with Gasteiger partial charge in [0.25, 0.3) is 0 Å². The maximum absolute atomic E-state index is 12.9. The smallest absolute Gasteiger partial charge is 0.249 e. The molecule has 8 heteroatoms. The number of para-hydroxylation sites is 2. The number of rotatable bonds is 7. The first-order chi connectivity index (χ1) is 14.1. The van der Waals surface area contributed by atoms with Gasteiger partial charge in [0.05, 0.1) is 40.2 Å². The van der Waals surface area contributed by atoms with Crippen LogP contribution in [0.2, 0.25) is 0 Å². The van der Waals surface area contributed by atoms with Crippen LogP contribution in [0.15, 0.2) is 42.5 Å². The Morgan fingerprint density at radius 1 is 1.10 bits per heavy atom. The van der Waals surface area contributed by atoms with Crippen molar-refractivity contribution in [2.24, 2.45) is 0 Å². The van der Waals surface area contributed by atoms with Gasteiger partial charge in [0, 0.05) is 11.6 Å². The zero-order chi connectivity index (χ0) is 20.8. The van der Waals surface area contributed by atoms with Gasteiger partial charge in [-0.3, -0.25) is 9.59 Å². The minimum atomic E-state index is -0.784. The maximum Gasteiger partial charge on any atom is 0.249 e. The van der Waals surface area contributed by atoms with E-state index in [-0.39, 0.29) is 31.6 Å². The standard InChI is InChI=1S/C21H24N2O6/c1-26-15-9-8-14(19(10-15)28-3)11-23-17(12-29-13-20(23)24)21(25)22-16-6-4-5-7-18(16)27-2/h4-10,17H,11-13H2,1-3H3,(H,22,25)/t17-/m0/s1. The van der Waals surface area contributed by atoms with Crippen LogP contribution >= 0.6 is 0 Å². The molecule has 1 saturated heterocycles. The largest absolute Gasteiger partial charge is 0.497 e. The number of hydrogen-bond acceptors (Lipinski definition) is 6. The molecule has 0 unspecified atom stereocenters. The quantitative estimate of drug-likeness (QED) is 0.766. The van der Waals surface area contributed by atoms with Crippen molar-refractivity contribution in [2.75, 3.05) is 39.9 Å². The van der Waals surface area contributed by atoms with Crippen LogP contribution in [0.5, 0.6) is 17.2 Å². The van der Waals surface area contributed by atoms with Crippen LogP contribution in [0.3, 0.4) is 0 Å². The van der Waals surface area contributed by atoms with Crippen molar-refractivity contribution in [2.45, 2.75) is 12.6 Å². The SMILES string of the molecule is COc1ccc(CN2C(=O)COC[C@H]2C(=O)Nc2ccccc2OC)c(OC)c1. The molecule has 0 spiro atoms. The second-order valence-electron chi connectivity index (χ2n) is 6.42. The average Bonchev–Trinajstić information content (AvgIpc) is 2.75. The van der Waals surface area contributed by atoms with Crippen molar-refractivity contribution in [1.82, 2.24) is 4.90 Å². The first-order valence-corrected chi connectivity index (χ1v) is 9.09. The summed E-state index contributed by atoms with van der Waals surface area (Å²) in [6.45, 7) is 0.238. The van der Waals surface area contributed by atoms with E-state index in [1.54, 1.807) is 44.6 Å². The van der Waals surface area contributed by atoms with E-state index >= 15 is 0 Å². The number of carbonyl (C=O) groups excluding carboxylic acids is 2. The topological polar surface area (TPSA) is 86.3 Å². The lowest BCUT2D eigenvalue weighted by molar-refractivity contribution is -0.154. The zero-order valence-corrected chi connectivity index (χ0v) is 16.6. The average molecular weight is 400 g/mol. The van der Waals surface area contributed by atoms with Crippen LogP contribution in [0.4, 0.5) is 5.69 Å². The number of hydrogen-bond donors (Lipinski definition) is 1. The van der Waals surface area contributed by atoms with Gasteiger partial charge in [-0.05, 0) is 24.3 Å². The lowest BCUT2D eigenvalue weighted by Gasteiger charge is -2.34. The van der Waals surface area contributed by atoms with E-state index in [0.717, 1.165) is 5.56 Å². The number of benzene rings is 2. The lowest BCUT2D eigenvalue weighted by Crippen LogP contribution is -2.54. The van der Waals surface area contributed by atoms with Crippen LogP contribution in [-0.4, -0.2) is 57.3 Å². The Morgan fingerprint density at radius 3 is 2.59 bits per heavy atom. The summed E-state index contributed by atoms with van der Waals surface area (Å²) in [4.78, 5) is 27.0. The molecule has 29 heavy (non-hydrogen) atoms. The number of anilines is 1. The molecule has 8 nitrogen and oxygen atoms in total. The van der Waals surface area contributed by atoms with E-state index in [0.29, 0.717) is 22.9 Å². The fourth-order valence-electron chi connectivity index (χ4n) is 3.15. The summed E-state index contributed by atoms with van der Waals surface area (Å²) in [5.41, 5.74) is 1.29. The highest BCUT2D eigenvalue weighted by molar-refractivity contribution is 5.98. The van der Waals surface area contributed by atoms with Gasteiger partial charge in [0.1, 0.15) is 29.9 Å². The summed E-state index contributed by atoms with van der Waals surface area (Å²) >= 11 is 0. The second kappa shape index (κ2) is 9.29. The Hall–Kier alpha value is -3.26. The number of nitrogens with zero attached hydrogens (tertiary/aromatic N) is 1. The van der Waals surface area contributed by atoms with Gasteiger partial charge in [0.15, 0.2) is 0 Å². The molecule has 0 aliphatic carbocycles. The van der Waals surface area contributed by atoms with E-state index in [1.165, 1.54) is 12.0 Å². The summed E-state index contributed by atoms with van der Waals surface area (Å²) in [7, 11) is 4.64. The first-order valence-electron chi connectivity index (χ1n) is 9.09. The molecular formula is C21H24N2O6. The van der Waals surface area contributed by atoms with Crippen molar-refractivity contribution in [1.29, 1.82) is 0 Å². The third-order valence-electron chi connectivity index (χ3n) is 4.70. The molecule has 2 aromatic carbocycles. The molecular weight excluding hydrogens is 376 g/mol. The van der Waals surface area contributed by atoms with Crippen molar-refractivity contribution < 1.29 is 28.5 Å². The van der Waals surface area contributed by atoms with Gasteiger partial charge < -0.3 is 29.2 Å². The third-order valence-corrected chi connectivity index (χ3v) is 4.70. The maximum atomic E-state index is 12.9. The van der Waals surface area contributed by atoms with Crippen LogP contribution in [0.25, 0.3) is 0 Å². The van der Waals surface area contributed by atoms with Crippen molar-refractivity contribution >= 4 is 17.5 Å². The van der Waals surface area contributed by atoms with Crippen LogP contribution in [-0.2, 0) is 20.9 Å². The predicted octanol–water partition coefficient (Wildman–Crippen LogP) is 2.08. The lowest BCUT2D eigenvalue weighted by atomic mass is 10.1. The predicted molar refractivity (Wildman–Crippen MR) is 106 cm³/mol. The Labute approximate surface area is 169 Å². The van der Waals surface area contributed by atoms with Gasteiger partial charge in [0.2, 0.25) is 11.8 Å². The highest BCUT2D eigenvalue weighted by Crippen LogP contribution is 2.28. The monoisotopic (exact) mass is 400 g/mol. The van der Waals surface area contributed by atoms with Gasteiger partial charge in [-0.1, -0.05) is 12.1 Å². The number of ether oxygens (including phenoxy) is 4. The van der Waals surface area contributed by atoms with Gasteiger partial charge in [-0.2, -0.15) is 0 Å². The minimum absolute atomic E-state index is 0.0725. The Balaban J connectivity index is 1.82. The summed E-state index contributed by atoms with van der Waals surface area (Å²) in [6.07, 6.45) is 0. The molecule has 0 radical (unpaired) electrons. The molecule has 1 heterocycles. The molecule has 1 aliphatic rings. The molecule has 1 fully saturated rings. The van der Waals surface area contributed by atoms with Crippen LogP contribution in [0.1, 0.15) is 5.56 Å². The number of amides is 2. The summed E-state index contributed by atoms with van der Waals surface area (Å²) < 4.78 is 21.2. The van der Waals surface area contributed by atoms with Crippen molar-refractivity contribution in [3.63, 3.8) is 0 Å². The van der Waals surface area contributed by atoms with E-state index in [4.69, 9.17) is 18.9 Å². The summed E-state index contributed by atoms with van der Waals surface area (Å²) in [5.74, 6) is 1.13. The number of methoxy groups -OCH3 is 3. The molecule has 2 aromatic rings. The van der Waals surface area contributed by atoms with Crippen LogP contribution in [0, 0.1) is 0 Å². The Morgan fingerprint density at radius 2 is 1.86 bits per heavy atom. The van der Waals surface area contributed by atoms with E-state index in [9.17, 15) is 9.59 Å². The number of nitrogens with one attached hydrogen (secondary N) is 1. The Bertz CT molecular complexity index is 885. The number of carbonyl (C=O) groups is 2. The minimum Gasteiger partial charge on any atom is -0.497 e. The van der Waals surface area contributed by atoms with E-state index in [1.807, 2.05) is 12.1 Å². The molecule has 1 aliphatic heterocycles. The summed E-state index contributed by atoms with van der Waals surface area (Å²) in [6, 6.07) is 11.6. The molecule has 0 bridgehead atoms. The van der Waals surface area contributed by atoms with Gasteiger partial charge in [-0.25, -0.2) is 0 Å². The number of morpholine rings is 1. The zero-order valence-electron chi connectivity index (χ0n) is 16.6. The molecule has 154 valence electrons. The molecule has 0 saturated carbocycles. The fraction of sp³-hybridized carbons (Fsp3) is 0.333. The normalized spacial score (nSPS) is 16.3. The molecule has 0 aromatic heterocycles. The van der Waals surface area contributed by atoms with E-state index in [2.05, 4.69) is 5.32 Å².